The van der Waals surface area contributed by atoms with Crippen LogP contribution >= 0.6 is 0 Å². The summed E-state index contributed by atoms with van der Waals surface area (Å²) < 4.78 is 1.84. The molecule has 28 heavy (non-hydrogen) atoms. The molecule has 2 atom stereocenters. The average Bonchev–Trinajstić information content (AvgIpc) is 3.24. The molecule has 2 aliphatic heterocycles. The van der Waals surface area contributed by atoms with Crippen molar-refractivity contribution in [1.29, 1.82) is 0 Å². The van der Waals surface area contributed by atoms with Crippen LogP contribution in [0.25, 0.3) is 11.1 Å². The first-order valence-corrected chi connectivity index (χ1v) is 9.94. The van der Waals surface area contributed by atoms with E-state index in [9.17, 15) is 4.79 Å². The third-order valence-corrected chi connectivity index (χ3v) is 5.87. The molecule has 6 nitrogen and oxygen atoms in total. The molecule has 2 aromatic rings. The Morgan fingerprint density at radius 3 is 2.96 bits per heavy atom. The number of carbonyl (C=O) groups excluding carboxylic acids is 1. The number of rotatable bonds is 2. The lowest BCUT2D eigenvalue weighted by molar-refractivity contribution is -0.120. The van der Waals surface area contributed by atoms with E-state index in [4.69, 9.17) is 0 Å². The van der Waals surface area contributed by atoms with Crippen LogP contribution in [-0.2, 0) is 18.3 Å². The summed E-state index contributed by atoms with van der Waals surface area (Å²) in [7, 11) is 1.94. The van der Waals surface area contributed by atoms with Crippen molar-refractivity contribution >= 4 is 11.6 Å². The molecule has 3 aliphatic rings. The number of benzene rings is 1. The van der Waals surface area contributed by atoms with Crippen LogP contribution in [0, 0.1) is 0 Å². The van der Waals surface area contributed by atoms with E-state index in [0.29, 0.717) is 6.42 Å². The molecule has 3 heterocycles. The molecule has 0 spiro atoms. The number of fused-ring (bicyclic) bond motifs is 1. The largest absolute Gasteiger partial charge is 0.382 e. The number of hydrogen-bond acceptors (Lipinski definition) is 4. The summed E-state index contributed by atoms with van der Waals surface area (Å²) in [4.78, 5) is 14.6. The molecular formula is C22H25N5O. The second-order valence-electron chi connectivity index (χ2n) is 7.97. The molecule has 1 aromatic carbocycles. The van der Waals surface area contributed by atoms with Gasteiger partial charge in [0.15, 0.2) is 0 Å². The molecule has 0 bridgehead atoms. The third kappa shape index (κ3) is 2.89. The molecule has 1 aromatic heterocycles. The van der Waals surface area contributed by atoms with E-state index in [0.717, 1.165) is 36.3 Å². The second-order valence-corrected chi connectivity index (χ2v) is 7.97. The minimum atomic E-state index is 0.0796. The SMILES string of the molecule is C[C@@H]1CC(=O)NC2=C(N1)C(N1CCc3ccc(-c4cnn(C)c4)cc31)CC=C2. The first kappa shape index (κ1) is 17.1. The standard InChI is InChI=1S/C22H25N5O/c1-14-10-21(28)25-18-4-3-5-19(22(18)24-14)27-9-8-15-6-7-16(11-20(15)27)17-12-23-26(2)13-17/h3-4,6-7,11-14,19,24H,5,8-10H2,1-2H3,(H,25,28)/t14-,19?/m1/s1. The Hall–Kier alpha value is -3.02. The molecule has 6 heteroatoms. The Kier molecular flexibility index (Phi) is 4.00. The highest BCUT2D eigenvalue weighted by atomic mass is 16.1. The maximum absolute atomic E-state index is 12.1. The fraction of sp³-hybridized carbons (Fsp3) is 0.364. The van der Waals surface area contributed by atoms with Crippen LogP contribution in [0.4, 0.5) is 5.69 Å². The summed E-state index contributed by atoms with van der Waals surface area (Å²) in [5, 5.41) is 11.0. The molecule has 1 amide bonds. The van der Waals surface area contributed by atoms with E-state index in [1.165, 1.54) is 16.8 Å². The van der Waals surface area contributed by atoms with Crippen molar-refractivity contribution in [2.45, 2.75) is 38.3 Å². The number of anilines is 1. The summed E-state index contributed by atoms with van der Waals surface area (Å²) in [6.45, 7) is 3.06. The molecular weight excluding hydrogens is 350 g/mol. The van der Waals surface area contributed by atoms with Crippen molar-refractivity contribution in [2.75, 3.05) is 11.4 Å². The Labute approximate surface area is 164 Å². The van der Waals surface area contributed by atoms with Crippen molar-refractivity contribution in [1.82, 2.24) is 20.4 Å². The Balaban J connectivity index is 1.52. The quantitative estimate of drug-likeness (QED) is 0.847. The van der Waals surface area contributed by atoms with E-state index in [2.05, 4.69) is 58.0 Å². The van der Waals surface area contributed by atoms with Gasteiger partial charge in [-0.15, -0.1) is 0 Å². The van der Waals surface area contributed by atoms with Gasteiger partial charge in [0.2, 0.25) is 5.91 Å². The minimum Gasteiger partial charge on any atom is -0.382 e. The third-order valence-electron chi connectivity index (χ3n) is 5.87. The van der Waals surface area contributed by atoms with Crippen LogP contribution in [0.1, 0.15) is 25.3 Å². The fourth-order valence-corrected chi connectivity index (χ4v) is 4.54. The smallest absolute Gasteiger partial charge is 0.226 e. The number of hydrogen-bond donors (Lipinski definition) is 2. The summed E-state index contributed by atoms with van der Waals surface area (Å²) in [6.07, 6.45) is 10.7. The van der Waals surface area contributed by atoms with Crippen LogP contribution in [0.5, 0.6) is 0 Å². The van der Waals surface area contributed by atoms with E-state index < -0.39 is 0 Å². The summed E-state index contributed by atoms with van der Waals surface area (Å²) in [5.74, 6) is 0.0796. The maximum Gasteiger partial charge on any atom is 0.226 e. The predicted molar refractivity (Wildman–Crippen MR) is 110 cm³/mol. The average molecular weight is 375 g/mol. The molecule has 2 N–H and O–H groups in total. The van der Waals surface area contributed by atoms with E-state index in [1.54, 1.807) is 0 Å². The van der Waals surface area contributed by atoms with E-state index in [-0.39, 0.29) is 18.0 Å². The number of allylic oxidation sites excluding steroid dienone is 1. The summed E-state index contributed by atoms with van der Waals surface area (Å²) in [5.41, 5.74) is 7.06. The van der Waals surface area contributed by atoms with E-state index in [1.807, 2.05) is 24.0 Å². The van der Waals surface area contributed by atoms with Crippen molar-refractivity contribution in [2.24, 2.45) is 7.05 Å². The molecule has 0 saturated heterocycles. The zero-order valence-corrected chi connectivity index (χ0v) is 16.3. The first-order chi connectivity index (χ1) is 13.6. The Morgan fingerprint density at radius 1 is 1.25 bits per heavy atom. The lowest BCUT2D eigenvalue weighted by Crippen LogP contribution is -2.43. The number of carbonyl (C=O) groups is 1. The van der Waals surface area contributed by atoms with Gasteiger partial charge in [0.25, 0.3) is 0 Å². The highest BCUT2D eigenvalue weighted by molar-refractivity contribution is 5.80. The van der Waals surface area contributed by atoms with Crippen molar-refractivity contribution in [3.05, 3.63) is 59.7 Å². The summed E-state index contributed by atoms with van der Waals surface area (Å²) in [6, 6.07) is 7.07. The molecule has 0 saturated carbocycles. The van der Waals surface area contributed by atoms with Crippen LogP contribution in [-0.4, -0.2) is 34.3 Å². The number of aryl methyl sites for hydroxylation is 1. The van der Waals surface area contributed by atoms with Crippen LogP contribution in [0.3, 0.4) is 0 Å². The summed E-state index contributed by atoms with van der Waals surface area (Å²) >= 11 is 0. The molecule has 0 radical (unpaired) electrons. The van der Waals surface area contributed by atoms with Crippen LogP contribution in [0.2, 0.25) is 0 Å². The predicted octanol–water partition coefficient (Wildman–Crippen LogP) is 2.49. The second kappa shape index (κ2) is 6.55. The number of nitrogens with zero attached hydrogens (tertiary/aromatic N) is 3. The van der Waals surface area contributed by atoms with Gasteiger partial charge in [-0.1, -0.05) is 18.2 Å². The first-order valence-electron chi connectivity index (χ1n) is 9.94. The highest BCUT2D eigenvalue weighted by Gasteiger charge is 2.33. The number of aromatic nitrogens is 2. The Morgan fingerprint density at radius 2 is 2.14 bits per heavy atom. The molecule has 0 fully saturated rings. The highest BCUT2D eigenvalue weighted by Crippen LogP contribution is 2.37. The Bertz CT molecular complexity index is 1000. The van der Waals surface area contributed by atoms with Gasteiger partial charge < -0.3 is 15.5 Å². The van der Waals surface area contributed by atoms with Gasteiger partial charge in [-0.3, -0.25) is 9.48 Å². The van der Waals surface area contributed by atoms with Gasteiger partial charge in [-0.2, -0.15) is 5.10 Å². The van der Waals surface area contributed by atoms with Gasteiger partial charge in [0.1, 0.15) is 0 Å². The van der Waals surface area contributed by atoms with Gasteiger partial charge in [0.05, 0.1) is 23.6 Å². The van der Waals surface area contributed by atoms with Crippen molar-refractivity contribution in [3.63, 3.8) is 0 Å². The van der Waals surface area contributed by atoms with E-state index >= 15 is 0 Å². The number of amides is 1. The lowest BCUT2D eigenvalue weighted by Gasteiger charge is -2.35. The van der Waals surface area contributed by atoms with Crippen LogP contribution < -0.4 is 15.5 Å². The molecule has 1 aliphatic carbocycles. The molecule has 1 unspecified atom stereocenters. The topological polar surface area (TPSA) is 62.2 Å². The van der Waals surface area contributed by atoms with Crippen molar-refractivity contribution < 1.29 is 4.79 Å². The van der Waals surface area contributed by atoms with Crippen molar-refractivity contribution in [3.8, 4) is 11.1 Å². The van der Waals surface area contributed by atoms with Gasteiger partial charge in [-0.05, 0) is 43.0 Å². The molecule has 5 rings (SSSR count). The van der Waals surface area contributed by atoms with Crippen LogP contribution in [0.15, 0.2) is 54.1 Å². The zero-order chi connectivity index (χ0) is 19.3. The minimum absolute atomic E-state index is 0.0796. The fourth-order valence-electron chi connectivity index (χ4n) is 4.54. The maximum atomic E-state index is 12.1. The zero-order valence-electron chi connectivity index (χ0n) is 16.3. The normalized spacial score (nSPS) is 23.8. The monoisotopic (exact) mass is 375 g/mol. The van der Waals surface area contributed by atoms with Gasteiger partial charge >= 0.3 is 0 Å². The number of nitrogens with one attached hydrogen (secondary N) is 2. The molecule has 144 valence electrons. The lowest BCUT2D eigenvalue weighted by atomic mass is 9.99. The van der Waals surface area contributed by atoms with Gasteiger partial charge in [0, 0.05) is 43.5 Å². The van der Waals surface area contributed by atoms with Gasteiger partial charge in [-0.25, -0.2) is 0 Å².